The SMILES string of the molecule is CNCc1ccc(Oc2cc(OC)cc(OC)c2)cc1Br. The van der Waals surface area contributed by atoms with Crippen LogP contribution in [0.3, 0.4) is 0 Å². The predicted molar refractivity (Wildman–Crippen MR) is 86.5 cm³/mol. The van der Waals surface area contributed by atoms with Gasteiger partial charge in [0.15, 0.2) is 0 Å². The first kappa shape index (κ1) is 15.7. The molecule has 0 fully saturated rings. The molecule has 0 aliphatic heterocycles. The molecular formula is C16H18BrNO3. The van der Waals surface area contributed by atoms with Gasteiger partial charge in [-0.2, -0.15) is 0 Å². The van der Waals surface area contributed by atoms with Crippen molar-refractivity contribution in [1.29, 1.82) is 0 Å². The van der Waals surface area contributed by atoms with E-state index < -0.39 is 0 Å². The lowest BCUT2D eigenvalue weighted by Gasteiger charge is -2.11. The summed E-state index contributed by atoms with van der Waals surface area (Å²) in [5.74, 6) is 2.79. The molecular weight excluding hydrogens is 334 g/mol. The molecule has 0 saturated heterocycles. The third-order valence-corrected chi connectivity index (χ3v) is 3.69. The molecule has 2 rings (SSSR count). The maximum atomic E-state index is 5.87. The van der Waals surface area contributed by atoms with Gasteiger partial charge in [0.1, 0.15) is 23.0 Å². The number of hydrogen-bond donors (Lipinski definition) is 1. The van der Waals surface area contributed by atoms with Crippen molar-refractivity contribution in [2.24, 2.45) is 0 Å². The average molecular weight is 352 g/mol. The smallest absolute Gasteiger partial charge is 0.134 e. The summed E-state index contributed by atoms with van der Waals surface area (Å²) >= 11 is 3.55. The highest BCUT2D eigenvalue weighted by atomic mass is 79.9. The van der Waals surface area contributed by atoms with Gasteiger partial charge in [-0.05, 0) is 24.7 Å². The van der Waals surface area contributed by atoms with Crippen molar-refractivity contribution in [2.45, 2.75) is 6.54 Å². The molecule has 21 heavy (non-hydrogen) atoms. The Balaban J connectivity index is 2.23. The third-order valence-electron chi connectivity index (χ3n) is 2.95. The summed E-state index contributed by atoms with van der Waals surface area (Å²) in [4.78, 5) is 0. The molecule has 1 N–H and O–H groups in total. The number of nitrogens with one attached hydrogen (secondary N) is 1. The first-order valence-corrected chi connectivity index (χ1v) is 7.29. The minimum atomic E-state index is 0.666. The Morgan fingerprint density at radius 2 is 1.52 bits per heavy atom. The topological polar surface area (TPSA) is 39.7 Å². The molecule has 0 radical (unpaired) electrons. The van der Waals surface area contributed by atoms with Crippen LogP contribution in [-0.2, 0) is 6.54 Å². The van der Waals surface area contributed by atoms with Gasteiger partial charge >= 0.3 is 0 Å². The van der Waals surface area contributed by atoms with E-state index in [1.807, 2.05) is 37.4 Å². The molecule has 0 amide bonds. The summed E-state index contributed by atoms with van der Waals surface area (Å²) in [7, 11) is 5.14. The van der Waals surface area contributed by atoms with E-state index in [2.05, 4.69) is 21.2 Å². The van der Waals surface area contributed by atoms with E-state index in [-0.39, 0.29) is 0 Å². The first-order valence-electron chi connectivity index (χ1n) is 6.50. The molecule has 0 aliphatic carbocycles. The van der Waals surface area contributed by atoms with Crippen LogP contribution in [-0.4, -0.2) is 21.3 Å². The Hall–Kier alpha value is -1.72. The minimum Gasteiger partial charge on any atom is -0.496 e. The highest BCUT2D eigenvalue weighted by Gasteiger charge is 2.06. The zero-order valence-electron chi connectivity index (χ0n) is 12.3. The summed E-state index contributed by atoms with van der Waals surface area (Å²) in [5.41, 5.74) is 1.17. The van der Waals surface area contributed by atoms with Crippen molar-refractivity contribution in [3.05, 3.63) is 46.4 Å². The summed E-state index contributed by atoms with van der Waals surface area (Å²) in [5, 5.41) is 3.12. The average Bonchev–Trinajstić information content (AvgIpc) is 2.49. The normalized spacial score (nSPS) is 10.3. The Labute approximate surface area is 133 Å². The quantitative estimate of drug-likeness (QED) is 0.854. The molecule has 2 aromatic carbocycles. The van der Waals surface area contributed by atoms with Gasteiger partial charge in [0.25, 0.3) is 0 Å². The second-order valence-electron chi connectivity index (χ2n) is 4.43. The van der Waals surface area contributed by atoms with Crippen LogP contribution in [0, 0.1) is 0 Å². The summed E-state index contributed by atoms with van der Waals surface area (Å²) in [6, 6.07) is 11.3. The van der Waals surface area contributed by atoms with Crippen LogP contribution >= 0.6 is 15.9 Å². The molecule has 0 bridgehead atoms. The lowest BCUT2D eigenvalue weighted by Crippen LogP contribution is -2.05. The van der Waals surface area contributed by atoms with Gasteiger partial charge in [-0.1, -0.05) is 22.0 Å². The third kappa shape index (κ3) is 4.12. The predicted octanol–water partition coefficient (Wildman–Crippen LogP) is 3.98. The lowest BCUT2D eigenvalue weighted by atomic mass is 10.2. The van der Waals surface area contributed by atoms with E-state index in [1.54, 1.807) is 20.3 Å². The number of benzene rings is 2. The Kier molecular flexibility index (Phi) is 5.47. The second kappa shape index (κ2) is 7.33. The highest BCUT2D eigenvalue weighted by molar-refractivity contribution is 9.10. The fourth-order valence-electron chi connectivity index (χ4n) is 1.90. The lowest BCUT2D eigenvalue weighted by molar-refractivity contribution is 0.386. The first-order chi connectivity index (χ1) is 10.2. The Morgan fingerprint density at radius 3 is 2.05 bits per heavy atom. The van der Waals surface area contributed by atoms with E-state index >= 15 is 0 Å². The van der Waals surface area contributed by atoms with Crippen molar-refractivity contribution in [1.82, 2.24) is 5.32 Å². The molecule has 0 atom stereocenters. The van der Waals surface area contributed by atoms with E-state index in [0.717, 1.165) is 16.8 Å². The fourth-order valence-corrected chi connectivity index (χ4v) is 2.40. The molecule has 0 aromatic heterocycles. The van der Waals surface area contributed by atoms with Crippen molar-refractivity contribution in [3.8, 4) is 23.0 Å². The van der Waals surface area contributed by atoms with E-state index in [1.165, 1.54) is 5.56 Å². The summed E-state index contributed by atoms with van der Waals surface area (Å²) in [6.45, 7) is 0.799. The van der Waals surface area contributed by atoms with Gasteiger partial charge in [-0.25, -0.2) is 0 Å². The number of rotatable bonds is 6. The van der Waals surface area contributed by atoms with Gasteiger partial charge in [0.05, 0.1) is 14.2 Å². The largest absolute Gasteiger partial charge is 0.496 e. The molecule has 0 unspecified atom stereocenters. The molecule has 0 aliphatic rings. The van der Waals surface area contributed by atoms with Gasteiger partial charge in [0, 0.05) is 29.2 Å². The van der Waals surface area contributed by atoms with Gasteiger partial charge < -0.3 is 19.5 Å². The minimum absolute atomic E-state index is 0.666. The molecule has 112 valence electrons. The van der Waals surface area contributed by atoms with Crippen LogP contribution in [0.15, 0.2) is 40.9 Å². The zero-order valence-corrected chi connectivity index (χ0v) is 13.9. The summed E-state index contributed by atoms with van der Waals surface area (Å²) in [6.07, 6.45) is 0. The van der Waals surface area contributed by atoms with Crippen LogP contribution in [0.4, 0.5) is 0 Å². The van der Waals surface area contributed by atoms with Crippen LogP contribution in [0.1, 0.15) is 5.56 Å². The van der Waals surface area contributed by atoms with Gasteiger partial charge in [-0.3, -0.25) is 0 Å². The van der Waals surface area contributed by atoms with Crippen LogP contribution < -0.4 is 19.5 Å². The van der Waals surface area contributed by atoms with Crippen LogP contribution in [0.5, 0.6) is 23.0 Å². The molecule has 5 heteroatoms. The number of halogens is 1. The van der Waals surface area contributed by atoms with Crippen molar-refractivity contribution in [3.63, 3.8) is 0 Å². The summed E-state index contributed by atoms with van der Waals surface area (Å²) < 4.78 is 17.3. The van der Waals surface area contributed by atoms with E-state index in [0.29, 0.717) is 17.2 Å². The van der Waals surface area contributed by atoms with Gasteiger partial charge in [0.2, 0.25) is 0 Å². The number of ether oxygens (including phenoxy) is 3. The maximum absolute atomic E-state index is 5.87. The molecule has 0 spiro atoms. The highest BCUT2D eigenvalue weighted by Crippen LogP contribution is 2.32. The molecule has 0 saturated carbocycles. The second-order valence-corrected chi connectivity index (χ2v) is 5.29. The van der Waals surface area contributed by atoms with Crippen molar-refractivity contribution in [2.75, 3.05) is 21.3 Å². The standard InChI is InChI=1S/C16H18BrNO3/c1-18-10-11-4-5-12(9-16(11)17)21-15-7-13(19-2)6-14(8-15)20-3/h4-9,18H,10H2,1-3H3. The van der Waals surface area contributed by atoms with Crippen LogP contribution in [0.25, 0.3) is 0 Å². The monoisotopic (exact) mass is 351 g/mol. The number of hydrogen-bond acceptors (Lipinski definition) is 4. The maximum Gasteiger partial charge on any atom is 0.134 e. The molecule has 4 nitrogen and oxygen atoms in total. The fraction of sp³-hybridized carbons (Fsp3) is 0.250. The van der Waals surface area contributed by atoms with Crippen LogP contribution in [0.2, 0.25) is 0 Å². The van der Waals surface area contributed by atoms with E-state index in [4.69, 9.17) is 14.2 Å². The zero-order chi connectivity index (χ0) is 15.2. The Bertz CT molecular complexity index is 594. The van der Waals surface area contributed by atoms with Crippen molar-refractivity contribution >= 4 is 15.9 Å². The Morgan fingerprint density at radius 1 is 0.905 bits per heavy atom. The van der Waals surface area contributed by atoms with Gasteiger partial charge in [-0.15, -0.1) is 0 Å². The van der Waals surface area contributed by atoms with Crippen molar-refractivity contribution < 1.29 is 14.2 Å². The van der Waals surface area contributed by atoms with E-state index in [9.17, 15) is 0 Å². The molecule has 2 aromatic rings. The number of methoxy groups -OCH3 is 2. The molecule has 0 heterocycles.